The first-order valence-electron chi connectivity index (χ1n) is 10.1. The molecule has 2 saturated heterocycles. The zero-order chi connectivity index (χ0) is 21.6. The number of carbonyl (C=O) groups is 1. The third kappa shape index (κ3) is 3.31. The van der Waals surface area contributed by atoms with Crippen molar-refractivity contribution in [1.82, 2.24) is 15.3 Å². The Labute approximate surface area is 178 Å². The van der Waals surface area contributed by atoms with Crippen molar-refractivity contribution in [2.45, 2.75) is 18.9 Å². The van der Waals surface area contributed by atoms with Gasteiger partial charge in [-0.3, -0.25) is 4.90 Å². The number of carbonyl (C=O) groups excluding carboxylic acids is 1. The number of hydrogen-bond acceptors (Lipinski definition) is 7. The molecular weight excluding hydrogens is 401 g/mol. The molecule has 3 heterocycles. The Bertz CT molecular complexity index is 1180. The van der Waals surface area contributed by atoms with Gasteiger partial charge < -0.3 is 20.1 Å². The summed E-state index contributed by atoms with van der Waals surface area (Å²) in [6.07, 6.45) is 1.73. The molecule has 2 fully saturated rings. The maximum Gasteiger partial charge on any atom is 0.415 e. The number of aromatic nitrogens is 2. The number of halogens is 1. The van der Waals surface area contributed by atoms with Crippen molar-refractivity contribution in [3.8, 4) is 5.75 Å². The molecule has 1 amide bonds. The van der Waals surface area contributed by atoms with Crippen LogP contribution in [0, 0.1) is 5.82 Å². The van der Waals surface area contributed by atoms with Crippen LogP contribution < -0.4 is 20.3 Å². The summed E-state index contributed by atoms with van der Waals surface area (Å²) in [5.74, 6) is 0.573. The van der Waals surface area contributed by atoms with Crippen LogP contribution in [0.2, 0.25) is 0 Å². The predicted molar refractivity (Wildman–Crippen MR) is 115 cm³/mol. The van der Waals surface area contributed by atoms with E-state index in [4.69, 9.17) is 9.47 Å². The van der Waals surface area contributed by atoms with E-state index in [9.17, 15) is 9.18 Å². The normalized spacial score (nSPS) is 17.0. The van der Waals surface area contributed by atoms with Crippen molar-refractivity contribution in [2.75, 3.05) is 37.0 Å². The van der Waals surface area contributed by atoms with Gasteiger partial charge in [0.05, 0.1) is 30.5 Å². The number of nitrogens with one attached hydrogen (secondary N) is 2. The Morgan fingerprint density at radius 3 is 2.77 bits per heavy atom. The van der Waals surface area contributed by atoms with Crippen LogP contribution in [0.3, 0.4) is 0 Å². The molecule has 2 aromatic carbocycles. The lowest BCUT2D eigenvalue weighted by molar-refractivity contribution is 0.0142. The van der Waals surface area contributed by atoms with Crippen LogP contribution in [0.25, 0.3) is 10.9 Å². The molecule has 31 heavy (non-hydrogen) atoms. The molecule has 0 aliphatic carbocycles. The van der Waals surface area contributed by atoms with E-state index in [1.165, 1.54) is 19.5 Å². The second-order valence-electron chi connectivity index (χ2n) is 7.80. The lowest BCUT2D eigenvalue weighted by Crippen LogP contribution is -2.61. The van der Waals surface area contributed by atoms with Crippen molar-refractivity contribution in [3.63, 3.8) is 0 Å². The van der Waals surface area contributed by atoms with Crippen molar-refractivity contribution in [1.29, 1.82) is 0 Å². The van der Waals surface area contributed by atoms with Gasteiger partial charge in [0.1, 0.15) is 23.7 Å². The quantitative estimate of drug-likeness (QED) is 0.650. The smallest absolute Gasteiger partial charge is 0.415 e. The van der Waals surface area contributed by atoms with Gasteiger partial charge in [0.2, 0.25) is 0 Å². The van der Waals surface area contributed by atoms with E-state index < -0.39 is 11.7 Å². The van der Waals surface area contributed by atoms with E-state index >= 15 is 0 Å². The Balaban J connectivity index is 1.56. The number of amides is 1. The Morgan fingerprint density at radius 2 is 2.13 bits per heavy atom. The molecule has 0 unspecified atom stereocenters. The minimum absolute atomic E-state index is 0.314. The molecule has 2 aliphatic rings. The van der Waals surface area contributed by atoms with Gasteiger partial charge in [-0.1, -0.05) is 13.0 Å². The molecule has 1 aromatic heterocycles. The van der Waals surface area contributed by atoms with Gasteiger partial charge in [-0.15, -0.1) is 0 Å². The van der Waals surface area contributed by atoms with Crippen LogP contribution in [0.4, 0.5) is 26.4 Å². The number of rotatable bonds is 5. The summed E-state index contributed by atoms with van der Waals surface area (Å²) in [5, 5.41) is 6.84. The van der Waals surface area contributed by atoms with Gasteiger partial charge >= 0.3 is 6.09 Å². The third-order valence-corrected chi connectivity index (χ3v) is 5.79. The molecule has 5 rings (SSSR count). The van der Waals surface area contributed by atoms with Crippen LogP contribution in [0.15, 0.2) is 36.7 Å². The summed E-state index contributed by atoms with van der Waals surface area (Å²) >= 11 is 0. The second-order valence-corrected chi connectivity index (χ2v) is 7.80. The van der Waals surface area contributed by atoms with Gasteiger partial charge in [0.15, 0.2) is 5.60 Å². The van der Waals surface area contributed by atoms with Crippen molar-refractivity contribution in [3.05, 3.63) is 48.0 Å². The molecular formula is C22H22FN5O3. The molecule has 2 N–H and O–H groups in total. The summed E-state index contributed by atoms with van der Waals surface area (Å²) in [7, 11) is 1.54. The molecule has 0 saturated carbocycles. The SMILES string of the molecule is CCc1ccc(Nc2ncnc3cc(OC)c(N4CC5(CNC5)OC4=O)cc23)c(F)c1. The number of aryl methyl sites for hydroxylation is 1. The van der Waals surface area contributed by atoms with Gasteiger partial charge in [0, 0.05) is 24.5 Å². The first-order valence-corrected chi connectivity index (χ1v) is 10.1. The van der Waals surface area contributed by atoms with Crippen molar-refractivity contribution < 1.29 is 18.7 Å². The summed E-state index contributed by atoms with van der Waals surface area (Å²) in [4.78, 5) is 22.8. The predicted octanol–water partition coefficient (Wildman–Crippen LogP) is 3.38. The summed E-state index contributed by atoms with van der Waals surface area (Å²) in [5.41, 5.74) is 1.89. The van der Waals surface area contributed by atoms with E-state index in [1.54, 1.807) is 23.1 Å². The lowest BCUT2D eigenvalue weighted by Gasteiger charge is -2.36. The fraction of sp³-hybridized carbons (Fsp3) is 0.318. The fourth-order valence-electron chi connectivity index (χ4n) is 3.95. The average molecular weight is 423 g/mol. The number of benzene rings is 2. The highest BCUT2D eigenvalue weighted by Crippen LogP contribution is 2.39. The van der Waals surface area contributed by atoms with E-state index in [-0.39, 0.29) is 5.82 Å². The number of nitrogens with zero attached hydrogens (tertiary/aromatic N) is 3. The fourth-order valence-corrected chi connectivity index (χ4v) is 3.95. The number of anilines is 3. The number of methoxy groups -OCH3 is 1. The largest absolute Gasteiger partial charge is 0.494 e. The summed E-state index contributed by atoms with van der Waals surface area (Å²) in [6, 6.07) is 8.59. The molecule has 0 radical (unpaired) electrons. The Morgan fingerprint density at radius 1 is 1.29 bits per heavy atom. The average Bonchev–Trinajstić information content (AvgIpc) is 3.12. The van der Waals surface area contributed by atoms with Crippen LogP contribution in [0.1, 0.15) is 12.5 Å². The van der Waals surface area contributed by atoms with E-state index in [1.807, 2.05) is 13.0 Å². The van der Waals surface area contributed by atoms with Crippen molar-refractivity contribution >= 4 is 34.2 Å². The van der Waals surface area contributed by atoms with Crippen molar-refractivity contribution in [2.24, 2.45) is 0 Å². The molecule has 2 aliphatic heterocycles. The lowest BCUT2D eigenvalue weighted by atomic mass is 9.97. The van der Waals surface area contributed by atoms with Gasteiger partial charge in [-0.05, 0) is 30.2 Å². The molecule has 1 spiro atoms. The number of fused-ring (bicyclic) bond motifs is 1. The highest BCUT2D eigenvalue weighted by atomic mass is 19.1. The highest BCUT2D eigenvalue weighted by molar-refractivity contribution is 6.00. The van der Waals surface area contributed by atoms with Crippen LogP contribution in [-0.4, -0.2) is 48.4 Å². The maximum absolute atomic E-state index is 14.5. The first kappa shape index (κ1) is 19.5. The van der Waals surface area contributed by atoms with E-state index in [0.717, 1.165) is 12.0 Å². The molecule has 0 bridgehead atoms. The highest BCUT2D eigenvalue weighted by Gasteiger charge is 2.50. The molecule has 160 valence electrons. The Kier molecular flexibility index (Phi) is 4.62. The third-order valence-electron chi connectivity index (χ3n) is 5.79. The zero-order valence-corrected chi connectivity index (χ0v) is 17.2. The Hall–Kier alpha value is -3.46. The summed E-state index contributed by atoms with van der Waals surface area (Å²) in [6.45, 7) is 3.63. The first-order chi connectivity index (χ1) is 15.0. The van der Waals surface area contributed by atoms with Gasteiger partial charge in [0.25, 0.3) is 0 Å². The molecule has 3 aromatic rings. The van der Waals surface area contributed by atoms with Crippen LogP contribution in [0.5, 0.6) is 5.75 Å². The molecule has 9 heteroatoms. The topological polar surface area (TPSA) is 88.6 Å². The van der Waals surface area contributed by atoms with E-state index in [0.29, 0.717) is 53.5 Å². The van der Waals surface area contributed by atoms with Crippen LogP contribution in [-0.2, 0) is 11.2 Å². The maximum atomic E-state index is 14.5. The van der Waals surface area contributed by atoms with Gasteiger partial charge in [-0.25, -0.2) is 19.2 Å². The number of hydrogen-bond donors (Lipinski definition) is 2. The van der Waals surface area contributed by atoms with Gasteiger partial charge in [-0.2, -0.15) is 0 Å². The second kappa shape index (κ2) is 7.35. The minimum Gasteiger partial charge on any atom is -0.494 e. The minimum atomic E-state index is -0.504. The molecule has 0 atom stereocenters. The van der Waals surface area contributed by atoms with Crippen LogP contribution >= 0.6 is 0 Å². The monoisotopic (exact) mass is 423 g/mol. The molecule has 8 nitrogen and oxygen atoms in total. The summed E-state index contributed by atoms with van der Waals surface area (Å²) < 4.78 is 25.7. The zero-order valence-electron chi connectivity index (χ0n) is 17.2. The standard InChI is InChI=1S/C22H22FN5O3/c1-3-13-4-5-16(15(23)6-13)27-20-14-7-18(19(30-2)8-17(14)25-12-26-20)28-11-22(9-24-10-22)31-21(28)29/h4-8,12,24H,3,9-11H2,1-2H3,(H,25,26,27). The number of ether oxygens (including phenoxy) is 2. The van der Waals surface area contributed by atoms with E-state index in [2.05, 4.69) is 20.6 Å².